The largest absolute Gasteiger partial charge is 0.439 e. The minimum absolute atomic E-state index is 0.0337. The van der Waals surface area contributed by atoms with Crippen LogP contribution in [0.15, 0.2) is 24.3 Å². The summed E-state index contributed by atoms with van der Waals surface area (Å²) in [5.41, 5.74) is 1.81. The van der Waals surface area contributed by atoms with Crippen molar-refractivity contribution < 1.29 is 19.1 Å². The second-order valence-corrected chi connectivity index (χ2v) is 12.1. The normalized spacial score (nSPS) is 24.4. The number of fused-ring (bicyclic) bond motifs is 2. The van der Waals surface area contributed by atoms with E-state index in [4.69, 9.17) is 4.74 Å². The van der Waals surface area contributed by atoms with Gasteiger partial charge in [0.15, 0.2) is 6.61 Å². The van der Waals surface area contributed by atoms with E-state index in [1.807, 2.05) is 23.1 Å². The molecule has 1 aromatic carbocycles. The first-order valence-corrected chi connectivity index (χ1v) is 14.7. The lowest BCUT2D eigenvalue weighted by Gasteiger charge is -2.44. The fraction of sp³-hybridized carbons (Fsp3) is 0.700. The van der Waals surface area contributed by atoms with Crippen molar-refractivity contribution in [2.45, 2.75) is 69.6 Å². The Kier molecular flexibility index (Phi) is 8.56. The third-order valence-corrected chi connectivity index (χ3v) is 9.59. The minimum Gasteiger partial charge on any atom is -0.439 e. The van der Waals surface area contributed by atoms with Gasteiger partial charge in [0, 0.05) is 43.7 Å². The lowest BCUT2D eigenvalue weighted by Crippen LogP contribution is -2.49. The summed E-state index contributed by atoms with van der Waals surface area (Å²) in [4.78, 5) is 43.9. The molecule has 1 spiro atoms. The number of piperidine rings is 2. The van der Waals surface area contributed by atoms with E-state index in [1.165, 1.54) is 45.2 Å². The number of carbonyl (C=O) groups excluding carboxylic acids is 3. The zero-order chi connectivity index (χ0) is 26.5. The summed E-state index contributed by atoms with van der Waals surface area (Å²) in [7, 11) is 2.23. The van der Waals surface area contributed by atoms with E-state index < -0.39 is 6.09 Å². The van der Waals surface area contributed by atoms with E-state index in [2.05, 4.69) is 23.3 Å². The highest BCUT2D eigenvalue weighted by atomic mass is 16.6. The van der Waals surface area contributed by atoms with Gasteiger partial charge in [-0.3, -0.25) is 9.59 Å². The molecule has 4 heterocycles. The Hall–Kier alpha value is -2.61. The molecule has 5 rings (SSSR count). The van der Waals surface area contributed by atoms with E-state index >= 15 is 0 Å². The molecule has 0 bridgehead atoms. The molecule has 4 aliphatic heterocycles. The molecule has 0 aliphatic carbocycles. The van der Waals surface area contributed by atoms with Gasteiger partial charge in [-0.05, 0) is 88.5 Å². The fourth-order valence-electron chi connectivity index (χ4n) is 7.06. The van der Waals surface area contributed by atoms with Gasteiger partial charge in [0.2, 0.25) is 5.91 Å². The van der Waals surface area contributed by atoms with Crippen molar-refractivity contribution in [2.75, 3.05) is 58.2 Å². The van der Waals surface area contributed by atoms with Crippen LogP contribution < -0.4 is 5.32 Å². The molecule has 0 aromatic heterocycles. The topological polar surface area (TPSA) is 82.2 Å². The summed E-state index contributed by atoms with van der Waals surface area (Å²) in [5.74, 6) is 1.50. The van der Waals surface area contributed by atoms with Crippen LogP contribution in [0.5, 0.6) is 0 Å². The van der Waals surface area contributed by atoms with E-state index in [9.17, 15) is 14.4 Å². The molecule has 0 radical (unpaired) electrons. The molecule has 1 unspecified atom stereocenters. The van der Waals surface area contributed by atoms with Crippen LogP contribution >= 0.6 is 0 Å². The predicted octanol–water partition coefficient (Wildman–Crippen LogP) is 4.25. The second kappa shape index (κ2) is 12.1. The summed E-state index contributed by atoms with van der Waals surface area (Å²) in [5, 5.41) is 2.97. The maximum atomic E-state index is 12.8. The Bertz CT molecular complexity index is 998. The Morgan fingerprint density at radius 3 is 2.37 bits per heavy atom. The fourth-order valence-corrected chi connectivity index (χ4v) is 7.06. The SMILES string of the molecule is CN1CCCC(CCC2CCN(C(=O)COC(=O)N3CCC4(CC3)CC(=O)Nc3ccccc34)CC2)CC1. The predicted molar refractivity (Wildman–Crippen MR) is 147 cm³/mol. The van der Waals surface area contributed by atoms with Gasteiger partial charge in [0.1, 0.15) is 0 Å². The van der Waals surface area contributed by atoms with E-state index in [0.29, 0.717) is 38.3 Å². The maximum absolute atomic E-state index is 12.8. The number of rotatable bonds is 5. The number of hydrogen-bond donors (Lipinski definition) is 1. The molecule has 3 saturated heterocycles. The third kappa shape index (κ3) is 6.33. The molecule has 38 heavy (non-hydrogen) atoms. The van der Waals surface area contributed by atoms with Gasteiger partial charge in [0.05, 0.1) is 0 Å². The number of likely N-dealkylation sites (tertiary alicyclic amines) is 3. The van der Waals surface area contributed by atoms with Crippen molar-refractivity contribution in [3.05, 3.63) is 29.8 Å². The molecule has 8 nitrogen and oxygen atoms in total. The second-order valence-electron chi connectivity index (χ2n) is 12.1. The number of benzene rings is 1. The number of nitrogens with zero attached hydrogens (tertiary/aromatic N) is 3. The lowest BCUT2D eigenvalue weighted by atomic mass is 9.68. The number of anilines is 1. The van der Waals surface area contributed by atoms with Crippen molar-refractivity contribution in [1.29, 1.82) is 0 Å². The maximum Gasteiger partial charge on any atom is 0.410 e. The molecule has 1 atom stereocenters. The van der Waals surface area contributed by atoms with Crippen LogP contribution in [0.4, 0.5) is 10.5 Å². The average Bonchev–Trinajstić information content (AvgIpc) is 3.14. The molecule has 4 aliphatic rings. The number of para-hydroxylation sites is 1. The summed E-state index contributed by atoms with van der Waals surface area (Å²) in [6, 6.07) is 7.96. The first-order chi connectivity index (χ1) is 18.4. The quantitative estimate of drug-likeness (QED) is 0.623. The van der Waals surface area contributed by atoms with Gasteiger partial charge in [-0.15, -0.1) is 0 Å². The van der Waals surface area contributed by atoms with Crippen LogP contribution in [0.2, 0.25) is 0 Å². The third-order valence-electron chi connectivity index (χ3n) is 9.59. The highest BCUT2D eigenvalue weighted by Gasteiger charge is 2.43. The van der Waals surface area contributed by atoms with Crippen molar-refractivity contribution in [2.24, 2.45) is 11.8 Å². The van der Waals surface area contributed by atoms with Crippen molar-refractivity contribution >= 4 is 23.6 Å². The van der Waals surface area contributed by atoms with Gasteiger partial charge in [-0.1, -0.05) is 31.0 Å². The molecule has 0 saturated carbocycles. The number of carbonyl (C=O) groups is 3. The van der Waals surface area contributed by atoms with E-state index in [1.54, 1.807) is 4.90 Å². The Labute approximate surface area is 227 Å². The van der Waals surface area contributed by atoms with Gasteiger partial charge in [-0.2, -0.15) is 0 Å². The lowest BCUT2D eigenvalue weighted by molar-refractivity contribution is -0.136. The van der Waals surface area contributed by atoms with Gasteiger partial charge >= 0.3 is 6.09 Å². The molecule has 1 N–H and O–H groups in total. The Morgan fingerprint density at radius 1 is 0.921 bits per heavy atom. The average molecular weight is 525 g/mol. The van der Waals surface area contributed by atoms with Crippen molar-refractivity contribution in [1.82, 2.24) is 14.7 Å². The van der Waals surface area contributed by atoms with Crippen molar-refractivity contribution in [3.8, 4) is 0 Å². The molecule has 3 fully saturated rings. The first-order valence-electron chi connectivity index (χ1n) is 14.7. The monoisotopic (exact) mass is 524 g/mol. The smallest absolute Gasteiger partial charge is 0.410 e. The van der Waals surface area contributed by atoms with E-state index in [0.717, 1.165) is 43.1 Å². The number of nitrogens with one attached hydrogen (secondary N) is 1. The molecular formula is C30H44N4O4. The first kappa shape index (κ1) is 27.0. The van der Waals surface area contributed by atoms with Gasteiger partial charge < -0.3 is 24.8 Å². The van der Waals surface area contributed by atoms with Gasteiger partial charge in [0.25, 0.3) is 5.91 Å². The minimum atomic E-state index is -0.425. The zero-order valence-corrected chi connectivity index (χ0v) is 23.0. The molecular weight excluding hydrogens is 480 g/mol. The van der Waals surface area contributed by atoms with Crippen LogP contribution in [-0.2, 0) is 19.7 Å². The highest BCUT2D eigenvalue weighted by Crippen LogP contribution is 2.45. The zero-order valence-electron chi connectivity index (χ0n) is 23.0. The number of hydrogen-bond acceptors (Lipinski definition) is 5. The summed E-state index contributed by atoms with van der Waals surface area (Å²) in [6.07, 6.45) is 10.1. The molecule has 8 heteroatoms. The summed E-state index contributed by atoms with van der Waals surface area (Å²) < 4.78 is 5.45. The number of ether oxygens (including phenoxy) is 1. The highest BCUT2D eigenvalue weighted by molar-refractivity contribution is 5.95. The summed E-state index contributed by atoms with van der Waals surface area (Å²) in [6.45, 7) is 4.85. The Balaban J connectivity index is 1.02. The molecule has 1 aromatic rings. The van der Waals surface area contributed by atoms with Crippen LogP contribution in [0.1, 0.15) is 69.8 Å². The van der Waals surface area contributed by atoms with Crippen LogP contribution in [0.3, 0.4) is 0 Å². The molecule has 208 valence electrons. The summed E-state index contributed by atoms with van der Waals surface area (Å²) >= 11 is 0. The van der Waals surface area contributed by atoms with Crippen LogP contribution in [0, 0.1) is 11.8 Å². The Morgan fingerprint density at radius 2 is 1.61 bits per heavy atom. The molecule has 3 amide bonds. The van der Waals surface area contributed by atoms with Crippen LogP contribution in [0.25, 0.3) is 0 Å². The number of amides is 3. The standard InChI is InChI=1S/C30H44N4O4/c1-32-15-4-5-23(10-16-32)8-9-24-11-17-33(18-12-24)28(36)22-38-29(37)34-19-13-30(14-20-34)21-27(35)31-26-7-3-2-6-25(26)30/h2-3,6-7,23-24H,4-5,8-22H2,1H3,(H,31,35). The van der Waals surface area contributed by atoms with Gasteiger partial charge in [-0.25, -0.2) is 4.79 Å². The van der Waals surface area contributed by atoms with E-state index in [-0.39, 0.29) is 23.8 Å². The van der Waals surface area contributed by atoms with Crippen molar-refractivity contribution in [3.63, 3.8) is 0 Å². The van der Waals surface area contributed by atoms with Crippen LogP contribution in [-0.4, -0.2) is 85.5 Å².